The van der Waals surface area contributed by atoms with E-state index in [1.807, 2.05) is 6.92 Å². The molecule has 2 saturated heterocycles. The molecule has 0 bridgehead atoms. The third kappa shape index (κ3) is 1.19. The molecule has 2 atom stereocenters. The number of likely N-dealkylation sites (N-methyl/N-ethyl adjacent to an activating group) is 1. The molecule has 0 aromatic rings. The minimum Gasteiger partial charge on any atom is -0.378 e. The van der Waals surface area contributed by atoms with E-state index >= 15 is 0 Å². The van der Waals surface area contributed by atoms with Crippen molar-refractivity contribution in [3.8, 4) is 0 Å². The molecule has 0 aromatic heterocycles. The van der Waals surface area contributed by atoms with Gasteiger partial charge in [-0.2, -0.15) is 0 Å². The first-order valence-corrected chi connectivity index (χ1v) is 4.43. The SMILES string of the molecule is CCN1C(=O)NC(=O)C2COCC21. The summed E-state index contributed by atoms with van der Waals surface area (Å²) < 4.78 is 5.19. The molecule has 2 fully saturated rings. The van der Waals surface area contributed by atoms with Gasteiger partial charge in [0.15, 0.2) is 0 Å². The normalized spacial score (nSPS) is 33.2. The lowest BCUT2D eigenvalue weighted by Crippen LogP contribution is -2.59. The van der Waals surface area contributed by atoms with Crippen LogP contribution in [0.5, 0.6) is 0 Å². The molecular weight excluding hydrogens is 172 g/mol. The Labute approximate surface area is 76.0 Å². The Morgan fingerprint density at radius 3 is 3.00 bits per heavy atom. The smallest absolute Gasteiger partial charge is 0.324 e. The summed E-state index contributed by atoms with van der Waals surface area (Å²) in [5.41, 5.74) is 0. The van der Waals surface area contributed by atoms with Gasteiger partial charge in [-0.15, -0.1) is 0 Å². The van der Waals surface area contributed by atoms with Gasteiger partial charge >= 0.3 is 6.03 Å². The second-order valence-corrected chi connectivity index (χ2v) is 3.29. The summed E-state index contributed by atoms with van der Waals surface area (Å²) >= 11 is 0. The number of amides is 3. The van der Waals surface area contributed by atoms with Gasteiger partial charge in [-0.25, -0.2) is 4.79 Å². The summed E-state index contributed by atoms with van der Waals surface area (Å²) in [6.45, 7) is 3.42. The molecular formula is C8H12N2O3. The lowest BCUT2D eigenvalue weighted by molar-refractivity contribution is -0.126. The molecule has 2 aliphatic heterocycles. The number of hydrogen-bond acceptors (Lipinski definition) is 3. The largest absolute Gasteiger partial charge is 0.378 e. The topological polar surface area (TPSA) is 58.6 Å². The number of carbonyl (C=O) groups excluding carboxylic acids is 2. The lowest BCUT2D eigenvalue weighted by Gasteiger charge is -2.34. The van der Waals surface area contributed by atoms with E-state index in [0.29, 0.717) is 19.8 Å². The average molecular weight is 184 g/mol. The molecule has 5 heteroatoms. The quantitative estimate of drug-likeness (QED) is 0.601. The van der Waals surface area contributed by atoms with E-state index in [0.717, 1.165) is 0 Å². The van der Waals surface area contributed by atoms with Crippen LogP contribution in [0.4, 0.5) is 4.79 Å². The van der Waals surface area contributed by atoms with Crippen molar-refractivity contribution in [2.45, 2.75) is 13.0 Å². The number of rotatable bonds is 1. The van der Waals surface area contributed by atoms with E-state index in [-0.39, 0.29) is 23.9 Å². The summed E-state index contributed by atoms with van der Waals surface area (Å²) in [5.74, 6) is -0.366. The maximum absolute atomic E-state index is 11.3. The molecule has 0 spiro atoms. The van der Waals surface area contributed by atoms with E-state index in [2.05, 4.69) is 5.32 Å². The number of ether oxygens (including phenoxy) is 1. The number of nitrogens with zero attached hydrogens (tertiary/aromatic N) is 1. The van der Waals surface area contributed by atoms with Crippen LogP contribution in [0.1, 0.15) is 6.92 Å². The van der Waals surface area contributed by atoms with Crippen LogP contribution in [-0.2, 0) is 9.53 Å². The summed E-state index contributed by atoms with van der Waals surface area (Å²) in [6.07, 6.45) is 0. The van der Waals surface area contributed by atoms with Gasteiger partial charge in [0.25, 0.3) is 0 Å². The standard InChI is InChI=1S/C8H12N2O3/c1-2-10-6-4-13-3-5(6)7(11)9-8(10)12/h5-6H,2-4H2,1H3,(H,9,11,12). The number of imide groups is 1. The van der Waals surface area contributed by atoms with Crippen LogP contribution in [0, 0.1) is 5.92 Å². The maximum Gasteiger partial charge on any atom is 0.324 e. The fourth-order valence-electron chi connectivity index (χ4n) is 1.90. The van der Waals surface area contributed by atoms with Crippen LogP contribution in [0.3, 0.4) is 0 Å². The maximum atomic E-state index is 11.3. The number of nitrogens with one attached hydrogen (secondary N) is 1. The van der Waals surface area contributed by atoms with Gasteiger partial charge in [0, 0.05) is 6.54 Å². The van der Waals surface area contributed by atoms with Crippen molar-refractivity contribution in [2.75, 3.05) is 19.8 Å². The predicted molar refractivity (Wildman–Crippen MR) is 44.0 cm³/mol. The second-order valence-electron chi connectivity index (χ2n) is 3.29. The Kier molecular flexibility index (Phi) is 1.95. The van der Waals surface area contributed by atoms with Crippen molar-refractivity contribution >= 4 is 11.9 Å². The van der Waals surface area contributed by atoms with Gasteiger partial charge in [0.2, 0.25) is 5.91 Å². The molecule has 2 aliphatic rings. The van der Waals surface area contributed by atoms with Gasteiger partial charge in [-0.1, -0.05) is 0 Å². The van der Waals surface area contributed by atoms with Crippen LogP contribution in [0.15, 0.2) is 0 Å². The molecule has 1 N–H and O–H groups in total. The number of fused-ring (bicyclic) bond motifs is 1. The molecule has 2 heterocycles. The molecule has 72 valence electrons. The summed E-state index contributed by atoms with van der Waals surface area (Å²) in [4.78, 5) is 24.3. The first-order chi connectivity index (χ1) is 6.24. The highest BCUT2D eigenvalue weighted by atomic mass is 16.5. The van der Waals surface area contributed by atoms with Crippen LogP contribution in [0.25, 0.3) is 0 Å². The fraction of sp³-hybridized carbons (Fsp3) is 0.750. The summed E-state index contributed by atoms with van der Waals surface area (Å²) in [7, 11) is 0. The van der Waals surface area contributed by atoms with Gasteiger partial charge in [-0.05, 0) is 6.92 Å². The van der Waals surface area contributed by atoms with Gasteiger partial charge in [0.05, 0.1) is 25.2 Å². The molecule has 2 unspecified atom stereocenters. The zero-order valence-corrected chi connectivity index (χ0v) is 7.45. The Hall–Kier alpha value is -1.10. The van der Waals surface area contributed by atoms with Crippen molar-refractivity contribution < 1.29 is 14.3 Å². The minimum atomic E-state index is -0.292. The van der Waals surface area contributed by atoms with Gasteiger partial charge in [-0.3, -0.25) is 10.1 Å². The molecule has 0 saturated carbocycles. The molecule has 2 rings (SSSR count). The highest BCUT2D eigenvalue weighted by Crippen LogP contribution is 2.23. The van der Waals surface area contributed by atoms with Crippen molar-refractivity contribution in [2.24, 2.45) is 5.92 Å². The van der Waals surface area contributed by atoms with E-state index in [1.165, 1.54) is 0 Å². The molecule has 0 aliphatic carbocycles. The predicted octanol–water partition coefficient (Wildman–Crippen LogP) is -0.427. The number of urea groups is 1. The fourth-order valence-corrected chi connectivity index (χ4v) is 1.90. The van der Waals surface area contributed by atoms with Crippen LogP contribution in [0.2, 0.25) is 0 Å². The van der Waals surface area contributed by atoms with Crippen LogP contribution >= 0.6 is 0 Å². The van der Waals surface area contributed by atoms with Gasteiger partial charge in [0.1, 0.15) is 0 Å². The molecule has 5 nitrogen and oxygen atoms in total. The number of carbonyl (C=O) groups is 2. The van der Waals surface area contributed by atoms with Crippen molar-refractivity contribution in [1.82, 2.24) is 10.2 Å². The third-order valence-electron chi connectivity index (χ3n) is 2.62. The monoisotopic (exact) mass is 184 g/mol. The van der Waals surface area contributed by atoms with Crippen LogP contribution < -0.4 is 5.32 Å². The van der Waals surface area contributed by atoms with E-state index in [9.17, 15) is 9.59 Å². The highest BCUT2D eigenvalue weighted by molar-refractivity contribution is 5.98. The second kappa shape index (κ2) is 2.99. The van der Waals surface area contributed by atoms with Crippen molar-refractivity contribution in [1.29, 1.82) is 0 Å². The lowest BCUT2D eigenvalue weighted by atomic mass is 9.99. The first kappa shape index (κ1) is 8.50. The summed E-state index contributed by atoms with van der Waals surface area (Å²) in [6, 6.07) is -0.342. The van der Waals surface area contributed by atoms with E-state index in [4.69, 9.17) is 4.74 Å². The van der Waals surface area contributed by atoms with Crippen molar-refractivity contribution in [3.63, 3.8) is 0 Å². The Bertz CT molecular complexity index is 254. The minimum absolute atomic E-state index is 0.0498. The molecule has 0 aromatic carbocycles. The third-order valence-corrected chi connectivity index (χ3v) is 2.62. The molecule has 13 heavy (non-hydrogen) atoms. The van der Waals surface area contributed by atoms with Crippen LogP contribution in [-0.4, -0.2) is 42.6 Å². The Morgan fingerprint density at radius 1 is 1.54 bits per heavy atom. The van der Waals surface area contributed by atoms with E-state index in [1.54, 1.807) is 4.90 Å². The Balaban J connectivity index is 2.21. The zero-order chi connectivity index (χ0) is 9.42. The van der Waals surface area contributed by atoms with Crippen molar-refractivity contribution in [3.05, 3.63) is 0 Å². The zero-order valence-electron chi connectivity index (χ0n) is 7.45. The Morgan fingerprint density at radius 2 is 2.31 bits per heavy atom. The number of hydrogen-bond donors (Lipinski definition) is 1. The first-order valence-electron chi connectivity index (χ1n) is 4.43. The molecule has 3 amide bonds. The summed E-state index contributed by atoms with van der Waals surface area (Å²) in [5, 5.41) is 2.32. The highest BCUT2D eigenvalue weighted by Gasteiger charge is 2.44. The van der Waals surface area contributed by atoms with Gasteiger partial charge < -0.3 is 9.64 Å². The molecule has 0 radical (unpaired) electrons. The van der Waals surface area contributed by atoms with E-state index < -0.39 is 0 Å². The average Bonchev–Trinajstić information content (AvgIpc) is 2.53.